The van der Waals surface area contributed by atoms with Gasteiger partial charge in [-0.25, -0.2) is 4.79 Å². The Morgan fingerprint density at radius 1 is 0.936 bits per heavy atom. The molecule has 0 aromatic rings. The molecule has 4 rings (SSSR count). The molecule has 4 aliphatic rings. The highest BCUT2D eigenvalue weighted by Gasteiger charge is 2.51. The number of cyclic esters (lactones) is 1. The first-order valence-electron chi connectivity index (χ1n) is 15.9. The number of aliphatic hydroxyl groups is 5. The van der Waals surface area contributed by atoms with Crippen LogP contribution in [0, 0.1) is 5.92 Å². The zero-order chi connectivity index (χ0) is 34.3. The van der Waals surface area contributed by atoms with Crippen LogP contribution >= 0.6 is 0 Å². The number of epoxide rings is 1. The molecular weight excluding hydrogens is 618 g/mol. The molecule has 0 aromatic carbocycles. The first-order valence-corrected chi connectivity index (χ1v) is 15.9. The van der Waals surface area contributed by atoms with Crippen LogP contribution in [0.5, 0.6) is 0 Å². The fourth-order valence-electron chi connectivity index (χ4n) is 5.98. The highest BCUT2D eigenvalue weighted by molar-refractivity contribution is 5.82. The molecule has 0 spiro atoms. The number of aliphatic carboxylic acids is 1. The number of carboxylic acids is 1. The molecule has 4 aliphatic heterocycles. The normalized spacial score (nSPS) is 47.2. The molecule has 0 aromatic heterocycles. The number of hydrogen-bond donors (Lipinski definition) is 7. The Bertz CT molecular complexity index is 1220. The lowest BCUT2D eigenvalue weighted by molar-refractivity contribution is -0.308. The van der Waals surface area contributed by atoms with Gasteiger partial charge in [0.1, 0.15) is 30.3 Å². The third-order valence-corrected chi connectivity index (χ3v) is 8.59. The van der Waals surface area contributed by atoms with Crippen LogP contribution in [0.2, 0.25) is 0 Å². The van der Waals surface area contributed by atoms with Crippen molar-refractivity contribution in [2.24, 2.45) is 11.7 Å². The van der Waals surface area contributed by atoms with E-state index in [9.17, 15) is 40.2 Å². The maximum Gasteiger partial charge on any atom is 0.330 e. The van der Waals surface area contributed by atoms with E-state index < -0.39 is 97.3 Å². The van der Waals surface area contributed by atoms with Gasteiger partial charge in [0.2, 0.25) is 0 Å². The van der Waals surface area contributed by atoms with Crippen LogP contribution in [-0.2, 0) is 33.3 Å². The van der Waals surface area contributed by atoms with Crippen LogP contribution < -0.4 is 5.73 Å². The zero-order valence-electron chi connectivity index (χ0n) is 26.4. The monoisotopic (exact) mass is 665 g/mol. The lowest BCUT2D eigenvalue weighted by Gasteiger charge is -2.45. The van der Waals surface area contributed by atoms with Crippen LogP contribution in [0.4, 0.5) is 0 Å². The number of carboxylic acid groups (broad SMARTS) is 1. The Hall–Kier alpha value is -2.76. The minimum atomic E-state index is -2.10. The molecule has 47 heavy (non-hydrogen) atoms. The number of carbonyl (C=O) groups excluding carboxylic acids is 1. The second kappa shape index (κ2) is 16.6. The second-order valence-electron chi connectivity index (χ2n) is 12.6. The van der Waals surface area contributed by atoms with E-state index in [-0.39, 0.29) is 25.4 Å². The van der Waals surface area contributed by atoms with Crippen molar-refractivity contribution >= 4 is 11.9 Å². The predicted molar refractivity (Wildman–Crippen MR) is 165 cm³/mol. The lowest BCUT2D eigenvalue weighted by atomic mass is 9.83. The van der Waals surface area contributed by atoms with Crippen molar-refractivity contribution in [1.29, 1.82) is 0 Å². The summed E-state index contributed by atoms with van der Waals surface area (Å²) < 4.78 is 28.5. The minimum absolute atomic E-state index is 0.0773. The number of rotatable bonds is 3. The van der Waals surface area contributed by atoms with Gasteiger partial charge in [-0.05, 0) is 19.9 Å². The molecule has 262 valence electrons. The smallest absolute Gasteiger partial charge is 0.330 e. The van der Waals surface area contributed by atoms with E-state index in [4.69, 9.17) is 29.4 Å². The Balaban J connectivity index is 1.58. The van der Waals surface area contributed by atoms with E-state index in [0.29, 0.717) is 6.42 Å². The zero-order valence-corrected chi connectivity index (χ0v) is 26.4. The van der Waals surface area contributed by atoms with E-state index in [1.165, 1.54) is 12.2 Å². The molecule has 4 unspecified atom stereocenters. The van der Waals surface area contributed by atoms with Gasteiger partial charge in [-0.2, -0.15) is 0 Å². The number of allylic oxidation sites excluding steroid dienone is 6. The second-order valence-corrected chi connectivity index (χ2v) is 12.6. The van der Waals surface area contributed by atoms with Crippen LogP contribution in [0.1, 0.15) is 46.0 Å². The number of aliphatic hydroxyl groups excluding tert-OH is 4. The van der Waals surface area contributed by atoms with Gasteiger partial charge in [0.05, 0.1) is 42.7 Å². The molecule has 0 radical (unpaired) electrons. The van der Waals surface area contributed by atoms with Gasteiger partial charge in [0.15, 0.2) is 12.1 Å². The fraction of sp³-hybridized carbons (Fsp3) is 0.636. The number of ether oxygens (including phenoxy) is 5. The van der Waals surface area contributed by atoms with Gasteiger partial charge in [-0.3, -0.25) is 4.79 Å². The standard InChI is InChI=1S/C33H47NO13/c1-18-10-8-6-4-3-5-7-9-11-21(45-32-30(39)29(38)28(34)19(2)44-32)15-25-27(31(40)41)22(36)17-33(42,47-25)16-20(35)14-24-23(46-24)12-13-26(37)43-18/h3-9,11-13,18-25,27-30,32,35-36,38-39,42H,10,14-17,34H2,1-2H3,(H,40,41)/b4-3+,7-5+,8-6+,11-9+,13-12+/t18-,19?,20+,21+,22+,23-,24?,25+,27-,28-,29?,30?,32+,33-/m1/s1. The lowest BCUT2D eigenvalue weighted by Crippen LogP contribution is -2.61. The number of fused-ring (bicyclic) bond motifs is 3. The molecule has 14 atom stereocenters. The number of carbonyl (C=O) groups is 2. The van der Waals surface area contributed by atoms with Gasteiger partial charge in [-0.15, -0.1) is 0 Å². The molecule has 14 heteroatoms. The summed E-state index contributed by atoms with van der Waals surface area (Å²) >= 11 is 0. The highest BCUT2D eigenvalue weighted by atomic mass is 16.7. The van der Waals surface area contributed by atoms with E-state index >= 15 is 0 Å². The number of nitrogens with two attached hydrogens (primary N) is 1. The first kappa shape index (κ1) is 37.1. The van der Waals surface area contributed by atoms with Gasteiger partial charge in [-0.1, -0.05) is 48.6 Å². The summed E-state index contributed by atoms with van der Waals surface area (Å²) in [6.45, 7) is 3.38. The SMILES string of the molecule is CC1O[C@@H](O[C@H]2/C=C/C=C/C=C/C=C/C[C@@H](C)OC(=O)/C=C/[C@H]3OC3C[C@H](O)C[C@]3(O)C[C@H](O)[C@@H](C(=O)O)[C@H](C2)O3)C(O)C(O)[C@@H]1N. The van der Waals surface area contributed by atoms with Crippen LogP contribution in [0.15, 0.2) is 60.8 Å². The summed E-state index contributed by atoms with van der Waals surface area (Å²) in [5.74, 6) is -5.46. The van der Waals surface area contributed by atoms with E-state index in [0.717, 1.165) is 0 Å². The molecule has 8 N–H and O–H groups in total. The third-order valence-electron chi connectivity index (χ3n) is 8.59. The largest absolute Gasteiger partial charge is 0.481 e. The van der Waals surface area contributed by atoms with Crippen molar-refractivity contribution in [3.63, 3.8) is 0 Å². The molecular formula is C33H47NO13. The van der Waals surface area contributed by atoms with Crippen molar-refractivity contribution in [3.05, 3.63) is 60.8 Å². The summed E-state index contributed by atoms with van der Waals surface area (Å²) in [6.07, 6.45) is 4.92. The molecule has 0 amide bonds. The van der Waals surface area contributed by atoms with Crippen molar-refractivity contribution in [2.45, 2.75) is 125 Å². The van der Waals surface area contributed by atoms with Crippen molar-refractivity contribution in [2.75, 3.05) is 0 Å². The van der Waals surface area contributed by atoms with Crippen LogP contribution in [-0.4, -0.2) is 122 Å². The highest BCUT2D eigenvalue weighted by Crippen LogP contribution is 2.39. The topological polar surface area (TPSA) is 231 Å². The van der Waals surface area contributed by atoms with Gasteiger partial charge < -0.3 is 60.1 Å². The average molecular weight is 666 g/mol. The van der Waals surface area contributed by atoms with Gasteiger partial charge in [0.25, 0.3) is 0 Å². The summed E-state index contributed by atoms with van der Waals surface area (Å²) in [5, 5.41) is 64.1. The quantitative estimate of drug-likeness (QED) is 0.157. The molecule has 4 heterocycles. The van der Waals surface area contributed by atoms with Crippen LogP contribution in [0.25, 0.3) is 0 Å². The minimum Gasteiger partial charge on any atom is -0.481 e. The average Bonchev–Trinajstić information content (AvgIpc) is 3.72. The van der Waals surface area contributed by atoms with Crippen LogP contribution in [0.3, 0.4) is 0 Å². The molecule has 3 saturated heterocycles. The summed E-state index contributed by atoms with van der Waals surface area (Å²) in [4.78, 5) is 24.4. The van der Waals surface area contributed by atoms with Gasteiger partial charge >= 0.3 is 11.9 Å². The predicted octanol–water partition coefficient (Wildman–Crippen LogP) is 0.120. The molecule has 14 nitrogen and oxygen atoms in total. The van der Waals surface area contributed by atoms with Crippen molar-refractivity contribution in [3.8, 4) is 0 Å². The Labute approximate surface area is 273 Å². The molecule has 0 saturated carbocycles. The Morgan fingerprint density at radius 2 is 1.64 bits per heavy atom. The van der Waals surface area contributed by atoms with Crippen molar-refractivity contribution in [1.82, 2.24) is 0 Å². The van der Waals surface area contributed by atoms with Gasteiger partial charge in [0, 0.05) is 38.2 Å². The summed E-state index contributed by atoms with van der Waals surface area (Å²) in [6, 6.07) is -0.870. The third kappa shape index (κ3) is 10.6. The summed E-state index contributed by atoms with van der Waals surface area (Å²) in [5.41, 5.74) is 5.91. The number of hydrogen-bond acceptors (Lipinski definition) is 13. The van der Waals surface area contributed by atoms with E-state index in [1.54, 1.807) is 56.4 Å². The molecule has 2 bridgehead atoms. The first-order chi connectivity index (χ1) is 22.3. The summed E-state index contributed by atoms with van der Waals surface area (Å²) in [7, 11) is 0. The Morgan fingerprint density at radius 3 is 2.36 bits per heavy atom. The fourth-order valence-corrected chi connectivity index (χ4v) is 5.98. The van der Waals surface area contributed by atoms with E-state index in [2.05, 4.69) is 0 Å². The maximum absolute atomic E-state index is 12.3. The molecule has 0 aliphatic carbocycles. The number of esters is 1. The molecule has 3 fully saturated rings. The maximum atomic E-state index is 12.3. The van der Waals surface area contributed by atoms with E-state index in [1.807, 2.05) is 6.08 Å². The Kier molecular flexibility index (Phi) is 13.1. The van der Waals surface area contributed by atoms with Crippen molar-refractivity contribution < 1.29 is 63.9 Å².